The molecule has 0 aliphatic heterocycles. The molecular formula is C16H30N2O4. The molecule has 22 heavy (non-hydrogen) atoms. The zero-order valence-electron chi connectivity index (χ0n) is 14.6. The minimum Gasteiger partial charge on any atom is -0.468 e. The van der Waals surface area contributed by atoms with Crippen LogP contribution in [-0.4, -0.2) is 42.9 Å². The Morgan fingerprint density at radius 3 is 2.27 bits per heavy atom. The predicted molar refractivity (Wildman–Crippen MR) is 84.6 cm³/mol. The van der Waals surface area contributed by atoms with E-state index in [1.165, 1.54) is 7.11 Å². The third-order valence-corrected chi connectivity index (χ3v) is 3.94. The van der Waals surface area contributed by atoms with Gasteiger partial charge in [-0.1, -0.05) is 20.3 Å². The second kappa shape index (κ2) is 7.81. The van der Waals surface area contributed by atoms with Crippen molar-refractivity contribution in [2.75, 3.05) is 7.11 Å². The molecule has 1 amide bonds. The van der Waals surface area contributed by atoms with Gasteiger partial charge in [0.2, 0.25) is 0 Å². The predicted octanol–water partition coefficient (Wildman–Crippen LogP) is 2.22. The summed E-state index contributed by atoms with van der Waals surface area (Å²) in [6, 6.07) is 0.0306. The van der Waals surface area contributed by atoms with Crippen LogP contribution in [0.15, 0.2) is 0 Å². The number of hydrogen-bond acceptors (Lipinski definition) is 5. The molecule has 1 saturated carbocycles. The zero-order valence-corrected chi connectivity index (χ0v) is 14.6. The van der Waals surface area contributed by atoms with E-state index in [9.17, 15) is 9.59 Å². The minimum atomic E-state index is -0.488. The van der Waals surface area contributed by atoms with Gasteiger partial charge in [-0.05, 0) is 39.5 Å². The van der Waals surface area contributed by atoms with Crippen molar-refractivity contribution >= 4 is 12.1 Å². The minimum absolute atomic E-state index is 0.0996. The van der Waals surface area contributed by atoms with E-state index in [0.717, 1.165) is 19.3 Å². The molecule has 6 nitrogen and oxygen atoms in total. The number of nitrogens with one attached hydrogen (secondary N) is 2. The van der Waals surface area contributed by atoms with Crippen LogP contribution in [0.25, 0.3) is 0 Å². The third kappa shape index (κ3) is 5.83. The Morgan fingerprint density at radius 1 is 1.23 bits per heavy atom. The fraction of sp³-hybridized carbons (Fsp3) is 0.875. The van der Waals surface area contributed by atoms with E-state index in [1.54, 1.807) is 0 Å². The van der Waals surface area contributed by atoms with Crippen molar-refractivity contribution < 1.29 is 19.1 Å². The Balaban J connectivity index is 2.37. The summed E-state index contributed by atoms with van der Waals surface area (Å²) in [6.45, 7) is 9.60. The molecule has 0 heterocycles. The highest BCUT2D eigenvalue weighted by atomic mass is 16.6. The molecule has 0 spiro atoms. The quantitative estimate of drug-likeness (QED) is 0.735. The molecule has 2 atom stereocenters. The second-order valence-electron chi connectivity index (χ2n) is 7.06. The average molecular weight is 314 g/mol. The largest absolute Gasteiger partial charge is 0.468 e. The summed E-state index contributed by atoms with van der Waals surface area (Å²) in [5.74, 6) is -0.0109. The Morgan fingerprint density at radius 2 is 1.82 bits per heavy atom. The number of hydrogen-bond donors (Lipinski definition) is 2. The summed E-state index contributed by atoms with van der Waals surface area (Å²) < 4.78 is 10.1. The lowest BCUT2D eigenvalue weighted by molar-refractivity contribution is -0.145. The van der Waals surface area contributed by atoms with Gasteiger partial charge < -0.3 is 20.1 Å². The molecule has 1 fully saturated rings. The standard InChI is InChI=1S/C16H30N2O4/c1-7-10(2)13(14(19)21-6)17-11-8-12(9-11)18-15(20)22-16(3,4)5/h10-13,17H,7-9H2,1-6H3,(H,18,20). The van der Waals surface area contributed by atoms with Gasteiger partial charge in [0.15, 0.2) is 0 Å². The molecule has 0 aromatic rings. The van der Waals surface area contributed by atoms with Crippen molar-refractivity contribution in [3.8, 4) is 0 Å². The molecule has 1 aliphatic carbocycles. The maximum Gasteiger partial charge on any atom is 0.407 e. The van der Waals surface area contributed by atoms with E-state index in [1.807, 2.05) is 27.7 Å². The summed E-state index contributed by atoms with van der Waals surface area (Å²) in [5.41, 5.74) is -0.488. The molecule has 0 aromatic carbocycles. The monoisotopic (exact) mass is 314 g/mol. The molecule has 2 N–H and O–H groups in total. The van der Waals surface area contributed by atoms with E-state index in [0.29, 0.717) is 0 Å². The summed E-state index contributed by atoms with van der Waals surface area (Å²) in [6.07, 6.45) is 2.10. The molecule has 128 valence electrons. The molecule has 0 bridgehead atoms. The van der Waals surface area contributed by atoms with Gasteiger partial charge in [0.1, 0.15) is 11.6 Å². The van der Waals surface area contributed by atoms with Gasteiger partial charge in [-0.3, -0.25) is 4.79 Å². The highest BCUT2D eigenvalue weighted by Crippen LogP contribution is 2.23. The van der Waals surface area contributed by atoms with Crippen molar-refractivity contribution in [1.82, 2.24) is 10.6 Å². The summed E-state index contributed by atoms with van der Waals surface area (Å²) in [5, 5.41) is 6.18. The van der Waals surface area contributed by atoms with Gasteiger partial charge in [0.05, 0.1) is 7.11 Å². The highest BCUT2D eigenvalue weighted by molar-refractivity contribution is 5.76. The van der Waals surface area contributed by atoms with Crippen molar-refractivity contribution in [2.24, 2.45) is 5.92 Å². The zero-order chi connectivity index (χ0) is 16.9. The first kappa shape index (κ1) is 18.7. The first-order valence-corrected chi connectivity index (χ1v) is 7.99. The lowest BCUT2D eigenvalue weighted by Gasteiger charge is -2.39. The maximum absolute atomic E-state index is 11.8. The SMILES string of the molecule is CCC(C)C(NC1CC(NC(=O)OC(C)(C)C)C1)C(=O)OC. The maximum atomic E-state index is 11.8. The molecule has 6 heteroatoms. The molecule has 1 rings (SSSR count). The van der Waals surface area contributed by atoms with Crippen molar-refractivity contribution in [3.05, 3.63) is 0 Å². The fourth-order valence-corrected chi connectivity index (χ4v) is 2.43. The van der Waals surface area contributed by atoms with E-state index >= 15 is 0 Å². The summed E-state index contributed by atoms with van der Waals surface area (Å²) >= 11 is 0. The number of carbonyl (C=O) groups excluding carboxylic acids is 2. The van der Waals surface area contributed by atoms with Gasteiger partial charge in [0, 0.05) is 12.1 Å². The third-order valence-electron chi connectivity index (χ3n) is 3.94. The van der Waals surface area contributed by atoms with E-state index < -0.39 is 5.60 Å². The van der Waals surface area contributed by atoms with Gasteiger partial charge in [-0.2, -0.15) is 0 Å². The Kier molecular flexibility index (Phi) is 6.66. The van der Waals surface area contributed by atoms with Crippen LogP contribution in [0.4, 0.5) is 4.79 Å². The fourth-order valence-electron chi connectivity index (χ4n) is 2.43. The number of alkyl carbamates (subject to hydrolysis) is 1. The molecular weight excluding hydrogens is 284 g/mol. The van der Waals surface area contributed by atoms with Crippen molar-refractivity contribution in [1.29, 1.82) is 0 Å². The van der Waals surface area contributed by atoms with Crippen LogP contribution >= 0.6 is 0 Å². The lowest BCUT2D eigenvalue weighted by Crippen LogP contribution is -2.57. The lowest BCUT2D eigenvalue weighted by atomic mass is 9.85. The molecule has 1 aliphatic rings. The average Bonchev–Trinajstić information content (AvgIpc) is 2.37. The summed E-state index contributed by atoms with van der Waals surface area (Å²) in [4.78, 5) is 23.5. The van der Waals surface area contributed by atoms with Crippen LogP contribution in [0.2, 0.25) is 0 Å². The normalized spacial score (nSPS) is 23.9. The smallest absolute Gasteiger partial charge is 0.407 e. The van der Waals surface area contributed by atoms with Crippen LogP contribution in [0.1, 0.15) is 53.9 Å². The number of carbonyl (C=O) groups is 2. The highest BCUT2D eigenvalue weighted by Gasteiger charge is 2.36. The number of amides is 1. The first-order chi connectivity index (χ1) is 10.2. The van der Waals surface area contributed by atoms with Crippen LogP contribution < -0.4 is 10.6 Å². The van der Waals surface area contributed by atoms with Crippen LogP contribution in [-0.2, 0) is 14.3 Å². The first-order valence-electron chi connectivity index (χ1n) is 7.99. The van der Waals surface area contributed by atoms with Gasteiger partial charge in [-0.25, -0.2) is 4.79 Å². The van der Waals surface area contributed by atoms with E-state index in [-0.39, 0.29) is 36.1 Å². The second-order valence-corrected chi connectivity index (χ2v) is 7.06. The van der Waals surface area contributed by atoms with Gasteiger partial charge in [0.25, 0.3) is 0 Å². The van der Waals surface area contributed by atoms with Gasteiger partial charge in [-0.15, -0.1) is 0 Å². The Labute approximate surface area is 133 Å². The van der Waals surface area contributed by atoms with Crippen molar-refractivity contribution in [2.45, 2.75) is 77.6 Å². The van der Waals surface area contributed by atoms with E-state index in [4.69, 9.17) is 9.47 Å². The number of esters is 1. The van der Waals surface area contributed by atoms with E-state index in [2.05, 4.69) is 17.6 Å². The van der Waals surface area contributed by atoms with Crippen LogP contribution in [0.5, 0.6) is 0 Å². The van der Waals surface area contributed by atoms with Crippen molar-refractivity contribution in [3.63, 3.8) is 0 Å². The molecule has 2 unspecified atom stereocenters. The van der Waals surface area contributed by atoms with Gasteiger partial charge >= 0.3 is 12.1 Å². The topological polar surface area (TPSA) is 76.7 Å². The number of ether oxygens (including phenoxy) is 2. The number of rotatable bonds is 6. The molecule has 0 radical (unpaired) electrons. The van der Waals surface area contributed by atoms with Crippen LogP contribution in [0.3, 0.4) is 0 Å². The molecule has 0 saturated heterocycles. The molecule has 0 aromatic heterocycles. The Hall–Kier alpha value is -1.30. The Bertz CT molecular complexity index is 386. The van der Waals surface area contributed by atoms with Crippen LogP contribution in [0, 0.1) is 5.92 Å². The summed E-state index contributed by atoms with van der Waals surface area (Å²) in [7, 11) is 1.41. The number of methoxy groups -OCH3 is 1.